The van der Waals surface area contributed by atoms with Crippen LogP contribution in [0.1, 0.15) is 23.2 Å². The number of halogens is 1. The lowest BCUT2D eigenvalue weighted by Crippen LogP contribution is -2.34. The van der Waals surface area contributed by atoms with Gasteiger partial charge in [0.1, 0.15) is 12.1 Å². The summed E-state index contributed by atoms with van der Waals surface area (Å²) in [6, 6.07) is 13.1. The summed E-state index contributed by atoms with van der Waals surface area (Å²) in [5.74, 6) is 1.13. The van der Waals surface area contributed by atoms with E-state index in [1.165, 1.54) is 19.2 Å². The van der Waals surface area contributed by atoms with Crippen LogP contribution in [0.4, 0.5) is 10.5 Å². The highest BCUT2D eigenvalue weighted by Gasteiger charge is 2.23. The number of imidazole rings is 1. The first kappa shape index (κ1) is 21.3. The molecule has 0 saturated heterocycles. The van der Waals surface area contributed by atoms with Crippen LogP contribution in [-0.4, -0.2) is 31.5 Å². The van der Waals surface area contributed by atoms with E-state index >= 15 is 0 Å². The molecule has 0 radical (unpaired) electrons. The highest BCUT2D eigenvalue weighted by molar-refractivity contribution is 14.1. The molecular formula is C23H19IN6O3. The number of urea groups is 1. The van der Waals surface area contributed by atoms with Crippen molar-refractivity contribution in [2.24, 2.45) is 5.92 Å². The lowest BCUT2D eigenvalue weighted by atomic mass is 10.2. The maximum absolute atomic E-state index is 12.2. The van der Waals surface area contributed by atoms with Gasteiger partial charge < -0.3 is 14.6 Å². The number of fused-ring (bicyclic) bond motifs is 1. The van der Waals surface area contributed by atoms with E-state index in [1.807, 2.05) is 4.57 Å². The number of aromatic nitrogens is 4. The van der Waals surface area contributed by atoms with Crippen LogP contribution >= 0.6 is 22.6 Å². The van der Waals surface area contributed by atoms with Gasteiger partial charge in [-0.25, -0.2) is 14.8 Å². The lowest BCUT2D eigenvalue weighted by molar-refractivity contribution is 0.0967. The van der Waals surface area contributed by atoms with Gasteiger partial charge in [0, 0.05) is 21.4 Å². The number of carbonyl (C=O) groups is 2. The normalized spacial score (nSPS) is 13.0. The minimum absolute atomic E-state index is 0.371. The van der Waals surface area contributed by atoms with Gasteiger partial charge in [-0.3, -0.25) is 10.1 Å². The number of anilines is 1. The summed E-state index contributed by atoms with van der Waals surface area (Å²) in [6.07, 6.45) is 5.72. The van der Waals surface area contributed by atoms with Gasteiger partial charge in [-0.2, -0.15) is 4.98 Å². The summed E-state index contributed by atoms with van der Waals surface area (Å²) in [4.78, 5) is 37.3. The number of nitrogens with one attached hydrogen (secondary N) is 2. The number of rotatable bonds is 6. The van der Waals surface area contributed by atoms with Crippen molar-refractivity contribution in [3.63, 3.8) is 0 Å². The van der Waals surface area contributed by atoms with Crippen LogP contribution in [0.2, 0.25) is 0 Å². The first-order chi connectivity index (χ1) is 16.0. The van der Waals surface area contributed by atoms with Crippen LogP contribution in [0.15, 0.2) is 61.2 Å². The monoisotopic (exact) mass is 554 g/mol. The molecule has 33 heavy (non-hydrogen) atoms. The Balaban J connectivity index is 1.22. The SMILES string of the molecule is O=C(NC(=O)c1ccc(I)cc1)Nc1ccc(Oc2ncnc3c2ncn3CC2CC2)cc1. The Kier molecular flexibility index (Phi) is 5.90. The van der Waals surface area contributed by atoms with Crippen molar-refractivity contribution in [2.75, 3.05) is 5.32 Å². The number of ether oxygens (including phenoxy) is 1. The molecule has 2 aromatic heterocycles. The van der Waals surface area contributed by atoms with E-state index in [2.05, 4.69) is 48.2 Å². The molecular weight excluding hydrogens is 535 g/mol. The number of nitrogens with zero attached hydrogens (tertiary/aromatic N) is 4. The predicted octanol–water partition coefficient (Wildman–Crippen LogP) is 4.60. The van der Waals surface area contributed by atoms with Crippen molar-refractivity contribution < 1.29 is 14.3 Å². The molecule has 4 aromatic rings. The van der Waals surface area contributed by atoms with E-state index in [-0.39, 0.29) is 0 Å². The van der Waals surface area contributed by atoms with E-state index in [4.69, 9.17) is 4.74 Å². The van der Waals surface area contributed by atoms with Crippen molar-refractivity contribution in [2.45, 2.75) is 19.4 Å². The molecule has 1 fully saturated rings. The maximum atomic E-state index is 12.2. The summed E-state index contributed by atoms with van der Waals surface area (Å²) in [5.41, 5.74) is 2.27. The summed E-state index contributed by atoms with van der Waals surface area (Å²) in [5, 5.41) is 4.94. The zero-order valence-corrected chi connectivity index (χ0v) is 19.5. The molecule has 2 N–H and O–H groups in total. The minimum Gasteiger partial charge on any atom is -0.437 e. The second-order valence-corrected chi connectivity index (χ2v) is 8.98. The van der Waals surface area contributed by atoms with Gasteiger partial charge in [-0.15, -0.1) is 0 Å². The van der Waals surface area contributed by atoms with Gasteiger partial charge >= 0.3 is 6.03 Å². The molecule has 166 valence electrons. The van der Waals surface area contributed by atoms with Gasteiger partial charge in [-0.05, 0) is 89.9 Å². The smallest absolute Gasteiger partial charge is 0.326 e. The third-order valence-corrected chi connectivity index (χ3v) is 5.90. The van der Waals surface area contributed by atoms with E-state index in [1.54, 1.807) is 54.9 Å². The second-order valence-electron chi connectivity index (χ2n) is 7.73. The summed E-state index contributed by atoms with van der Waals surface area (Å²) < 4.78 is 8.94. The van der Waals surface area contributed by atoms with Gasteiger partial charge in [-0.1, -0.05) is 0 Å². The topological polar surface area (TPSA) is 111 Å². The van der Waals surface area contributed by atoms with E-state index in [9.17, 15) is 9.59 Å². The molecule has 0 aliphatic heterocycles. The highest BCUT2D eigenvalue weighted by atomic mass is 127. The minimum atomic E-state index is -0.620. The molecule has 1 saturated carbocycles. The molecule has 0 unspecified atom stereocenters. The molecule has 3 amide bonds. The first-order valence-corrected chi connectivity index (χ1v) is 11.4. The summed E-state index contributed by atoms with van der Waals surface area (Å²) in [7, 11) is 0. The number of carbonyl (C=O) groups excluding carboxylic acids is 2. The predicted molar refractivity (Wildman–Crippen MR) is 130 cm³/mol. The van der Waals surface area contributed by atoms with Crippen molar-refractivity contribution in [1.29, 1.82) is 0 Å². The Morgan fingerprint density at radius 3 is 2.52 bits per heavy atom. The molecule has 1 aliphatic carbocycles. The summed E-state index contributed by atoms with van der Waals surface area (Å²) in [6.45, 7) is 0.904. The molecule has 0 spiro atoms. The maximum Gasteiger partial charge on any atom is 0.326 e. The first-order valence-electron chi connectivity index (χ1n) is 10.4. The average molecular weight is 554 g/mol. The van der Waals surface area contributed by atoms with Crippen LogP contribution in [0.3, 0.4) is 0 Å². The Hall–Kier alpha value is -3.54. The highest BCUT2D eigenvalue weighted by Crippen LogP contribution is 2.32. The Bertz CT molecular complexity index is 1320. The fraction of sp³-hybridized carbons (Fsp3) is 0.174. The van der Waals surface area contributed by atoms with Crippen molar-refractivity contribution in [3.8, 4) is 11.6 Å². The molecule has 2 heterocycles. The Labute approximate surface area is 202 Å². The largest absolute Gasteiger partial charge is 0.437 e. The third-order valence-electron chi connectivity index (χ3n) is 5.18. The number of hydrogen-bond acceptors (Lipinski definition) is 6. The second kappa shape index (κ2) is 9.14. The molecule has 0 atom stereocenters. The van der Waals surface area contributed by atoms with Gasteiger partial charge in [0.15, 0.2) is 11.2 Å². The molecule has 2 aromatic carbocycles. The average Bonchev–Trinajstić information content (AvgIpc) is 3.53. The fourth-order valence-corrected chi connectivity index (χ4v) is 3.66. The Morgan fingerprint density at radius 1 is 1.03 bits per heavy atom. The standard InChI is InChI=1S/C23H19IN6O3/c24-16-5-3-15(4-6-16)21(31)29-23(32)28-17-7-9-18(10-8-17)33-22-19-20(25-12-26-22)30(13-27-19)11-14-1-2-14/h3-10,12-14H,1-2,11H2,(H2,28,29,31,32). The van der Waals surface area contributed by atoms with Crippen molar-refractivity contribution >= 4 is 51.4 Å². The van der Waals surface area contributed by atoms with Crippen LogP contribution in [-0.2, 0) is 6.54 Å². The Morgan fingerprint density at radius 2 is 1.79 bits per heavy atom. The summed E-state index contributed by atoms with van der Waals surface area (Å²) >= 11 is 2.15. The third kappa shape index (κ3) is 5.11. The molecule has 9 nitrogen and oxygen atoms in total. The van der Waals surface area contributed by atoms with Crippen LogP contribution < -0.4 is 15.4 Å². The fourth-order valence-electron chi connectivity index (χ4n) is 3.30. The number of imide groups is 1. The van der Waals surface area contributed by atoms with Gasteiger partial charge in [0.05, 0.1) is 6.33 Å². The number of benzene rings is 2. The van der Waals surface area contributed by atoms with E-state index in [0.29, 0.717) is 34.3 Å². The number of amides is 3. The van der Waals surface area contributed by atoms with Gasteiger partial charge in [0.25, 0.3) is 11.8 Å². The van der Waals surface area contributed by atoms with Gasteiger partial charge in [0.2, 0.25) is 0 Å². The zero-order valence-electron chi connectivity index (χ0n) is 17.4. The molecule has 10 heteroatoms. The quantitative estimate of drug-likeness (QED) is 0.338. The molecule has 5 rings (SSSR count). The van der Waals surface area contributed by atoms with Crippen LogP contribution in [0.25, 0.3) is 11.2 Å². The van der Waals surface area contributed by atoms with E-state index in [0.717, 1.165) is 15.8 Å². The van der Waals surface area contributed by atoms with Crippen LogP contribution in [0.5, 0.6) is 11.6 Å². The van der Waals surface area contributed by atoms with E-state index < -0.39 is 11.9 Å². The van der Waals surface area contributed by atoms with Crippen molar-refractivity contribution in [3.05, 3.63) is 70.3 Å². The molecule has 1 aliphatic rings. The number of hydrogen-bond donors (Lipinski definition) is 2. The van der Waals surface area contributed by atoms with Crippen LogP contribution in [0, 0.1) is 9.49 Å². The van der Waals surface area contributed by atoms with Crippen molar-refractivity contribution in [1.82, 2.24) is 24.8 Å². The lowest BCUT2D eigenvalue weighted by Gasteiger charge is -2.09. The molecule has 0 bridgehead atoms. The zero-order chi connectivity index (χ0) is 22.8.